The molecule has 0 bridgehead atoms. The standard InChI is InChI=1S/C22H27BrN2O3/c1-5-10-27-20-9-8-19(23)11-18(20)13-24-25-22(26)14-28-21-12-17(15(2)3)7-6-16(21)4/h6-9,11-13,15H,5,10,14H2,1-4H3,(H,25,26)/b24-13-. The van der Waals surface area contributed by atoms with Crippen molar-refractivity contribution >= 4 is 28.1 Å². The van der Waals surface area contributed by atoms with Crippen LogP contribution in [0.2, 0.25) is 0 Å². The molecule has 2 aromatic carbocycles. The van der Waals surface area contributed by atoms with Gasteiger partial charge in [-0.3, -0.25) is 4.79 Å². The molecule has 0 aliphatic rings. The fraction of sp³-hybridized carbons (Fsp3) is 0.364. The van der Waals surface area contributed by atoms with E-state index in [1.165, 1.54) is 5.56 Å². The van der Waals surface area contributed by atoms with Crippen molar-refractivity contribution in [2.75, 3.05) is 13.2 Å². The molecule has 0 saturated heterocycles. The summed E-state index contributed by atoms with van der Waals surface area (Å²) in [6, 6.07) is 11.7. The van der Waals surface area contributed by atoms with Crippen LogP contribution in [0.15, 0.2) is 46.0 Å². The average molecular weight is 447 g/mol. The molecule has 28 heavy (non-hydrogen) atoms. The minimum atomic E-state index is -0.323. The van der Waals surface area contributed by atoms with Crippen LogP contribution in [0.5, 0.6) is 11.5 Å². The van der Waals surface area contributed by atoms with Gasteiger partial charge >= 0.3 is 0 Å². The third-order valence-electron chi connectivity index (χ3n) is 4.06. The van der Waals surface area contributed by atoms with Gasteiger partial charge in [0.2, 0.25) is 0 Å². The van der Waals surface area contributed by atoms with E-state index in [4.69, 9.17) is 9.47 Å². The first-order valence-corrected chi connectivity index (χ1v) is 10.2. The van der Waals surface area contributed by atoms with Crippen LogP contribution in [-0.2, 0) is 4.79 Å². The number of carbonyl (C=O) groups is 1. The van der Waals surface area contributed by atoms with E-state index in [2.05, 4.69) is 46.4 Å². The lowest BCUT2D eigenvalue weighted by Crippen LogP contribution is -2.24. The van der Waals surface area contributed by atoms with Gasteiger partial charge in [0.25, 0.3) is 5.91 Å². The molecule has 2 aromatic rings. The number of carbonyl (C=O) groups excluding carboxylic acids is 1. The smallest absolute Gasteiger partial charge is 0.277 e. The van der Waals surface area contributed by atoms with Crippen molar-refractivity contribution in [3.8, 4) is 11.5 Å². The molecule has 6 heteroatoms. The number of nitrogens with zero attached hydrogens (tertiary/aromatic N) is 1. The highest BCUT2D eigenvalue weighted by Crippen LogP contribution is 2.24. The van der Waals surface area contributed by atoms with Crippen molar-refractivity contribution in [2.45, 2.75) is 40.0 Å². The van der Waals surface area contributed by atoms with Crippen molar-refractivity contribution in [1.29, 1.82) is 0 Å². The van der Waals surface area contributed by atoms with E-state index >= 15 is 0 Å². The minimum Gasteiger partial charge on any atom is -0.493 e. The molecule has 0 aliphatic heterocycles. The van der Waals surface area contributed by atoms with Crippen molar-refractivity contribution < 1.29 is 14.3 Å². The van der Waals surface area contributed by atoms with Crippen LogP contribution in [0.3, 0.4) is 0 Å². The molecule has 0 radical (unpaired) electrons. The molecule has 1 N–H and O–H groups in total. The monoisotopic (exact) mass is 446 g/mol. The summed E-state index contributed by atoms with van der Waals surface area (Å²) in [6.45, 7) is 8.77. The number of amides is 1. The summed E-state index contributed by atoms with van der Waals surface area (Å²) in [6.07, 6.45) is 2.48. The normalized spacial score (nSPS) is 11.1. The van der Waals surface area contributed by atoms with Crippen molar-refractivity contribution in [3.05, 3.63) is 57.6 Å². The summed E-state index contributed by atoms with van der Waals surface area (Å²) in [5.74, 6) is 1.51. The van der Waals surface area contributed by atoms with Crippen molar-refractivity contribution in [3.63, 3.8) is 0 Å². The maximum Gasteiger partial charge on any atom is 0.277 e. The number of ether oxygens (including phenoxy) is 2. The number of hydrazone groups is 1. The lowest BCUT2D eigenvalue weighted by molar-refractivity contribution is -0.123. The van der Waals surface area contributed by atoms with Gasteiger partial charge in [-0.15, -0.1) is 0 Å². The summed E-state index contributed by atoms with van der Waals surface area (Å²) >= 11 is 3.43. The van der Waals surface area contributed by atoms with Crippen LogP contribution in [0, 0.1) is 6.92 Å². The van der Waals surface area contributed by atoms with E-state index in [0.29, 0.717) is 18.3 Å². The molecule has 0 saturated carbocycles. The average Bonchev–Trinajstić information content (AvgIpc) is 2.66. The zero-order chi connectivity index (χ0) is 20.5. The van der Waals surface area contributed by atoms with Gasteiger partial charge in [-0.25, -0.2) is 5.43 Å². The second-order valence-electron chi connectivity index (χ2n) is 6.79. The van der Waals surface area contributed by atoms with E-state index in [1.54, 1.807) is 6.21 Å². The fourth-order valence-electron chi connectivity index (χ4n) is 2.44. The molecule has 0 aromatic heterocycles. The Kier molecular flexibility index (Phi) is 8.51. The minimum absolute atomic E-state index is 0.0998. The summed E-state index contributed by atoms with van der Waals surface area (Å²) in [4.78, 5) is 12.1. The van der Waals surface area contributed by atoms with E-state index in [0.717, 1.165) is 27.8 Å². The van der Waals surface area contributed by atoms with Gasteiger partial charge in [0.1, 0.15) is 11.5 Å². The van der Waals surface area contributed by atoms with Crippen LogP contribution in [0.1, 0.15) is 49.8 Å². The van der Waals surface area contributed by atoms with Crippen molar-refractivity contribution in [2.24, 2.45) is 5.10 Å². The van der Waals surface area contributed by atoms with E-state index < -0.39 is 0 Å². The molecule has 1 amide bonds. The lowest BCUT2D eigenvalue weighted by Gasteiger charge is -2.12. The van der Waals surface area contributed by atoms with Crippen LogP contribution in [0.4, 0.5) is 0 Å². The topological polar surface area (TPSA) is 59.9 Å². The maximum absolute atomic E-state index is 12.1. The predicted molar refractivity (Wildman–Crippen MR) is 116 cm³/mol. The van der Waals surface area contributed by atoms with Gasteiger partial charge in [-0.05, 0) is 54.7 Å². The largest absolute Gasteiger partial charge is 0.493 e. The molecule has 0 spiro atoms. The van der Waals surface area contributed by atoms with Crippen LogP contribution < -0.4 is 14.9 Å². The summed E-state index contributed by atoms with van der Waals surface area (Å²) in [5.41, 5.74) is 5.45. The first-order chi connectivity index (χ1) is 13.4. The van der Waals surface area contributed by atoms with Gasteiger partial charge in [0.15, 0.2) is 6.61 Å². The number of aryl methyl sites for hydroxylation is 1. The Bertz CT molecular complexity index is 835. The summed E-state index contributed by atoms with van der Waals surface area (Å²) in [7, 11) is 0. The van der Waals surface area contributed by atoms with E-state index in [9.17, 15) is 4.79 Å². The zero-order valence-electron chi connectivity index (χ0n) is 16.8. The molecule has 0 heterocycles. The molecule has 2 rings (SSSR count). The maximum atomic E-state index is 12.1. The molecule has 150 valence electrons. The number of rotatable bonds is 9. The molecule has 0 fully saturated rings. The van der Waals surface area contributed by atoms with Crippen molar-refractivity contribution in [1.82, 2.24) is 5.43 Å². The highest BCUT2D eigenvalue weighted by atomic mass is 79.9. The van der Waals surface area contributed by atoms with Gasteiger partial charge in [0.05, 0.1) is 12.8 Å². The van der Waals surface area contributed by atoms with E-state index in [-0.39, 0.29) is 12.5 Å². The molecular formula is C22H27BrN2O3. The number of halogens is 1. The fourth-order valence-corrected chi connectivity index (χ4v) is 2.82. The summed E-state index contributed by atoms with van der Waals surface area (Å²) < 4.78 is 12.3. The van der Waals surface area contributed by atoms with Crippen LogP contribution in [-0.4, -0.2) is 25.3 Å². The molecule has 5 nitrogen and oxygen atoms in total. The van der Waals surface area contributed by atoms with E-state index in [1.807, 2.05) is 44.2 Å². The molecule has 0 atom stereocenters. The van der Waals surface area contributed by atoms with Gasteiger partial charge in [0, 0.05) is 10.0 Å². The second kappa shape index (κ2) is 10.9. The number of hydrogen-bond acceptors (Lipinski definition) is 4. The second-order valence-corrected chi connectivity index (χ2v) is 7.71. The molecular weight excluding hydrogens is 420 g/mol. The zero-order valence-corrected chi connectivity index (χ0v) is 18.4. The van der Waals surface area contributed by atoms with Crippen LogP contribution in [0.25, 0.3) is 0 Å². The SMILES string of the molecule is CCCOc1ccc(Br)cc1/C=N\NC(=O)COc1cc(C(C)C)ccc1C. The number of hydrogen-bond donors (Lipinski definition) is 1. The Hall–Kier alpha value is -2.34. The highest BCUT2D eigenvalue weighted by molar-refractivity contribution is 9.10. The Labute approximate surface area is 175 Å². The van der Waals surface area contributed by atoms with Gasteiger partial charge < -0.3 is 9.47 Å². The molecule has 0 unspecified atom stereocenters. The number of benzene rings is 2. The van der Waals surface area contributed by atoms with Gasteiger partial charge in [-0.1, -0.05) is 48.8 Å². The quantitative estimate of drug-likeness (QED) is 0.425. The highest BCUT2D eigenvalue weighted by Gasteiger charge is 2.08. The Morgan fingerprint density at radius 3 is 2.68 bits per heavy atom. The Morgan fingerprint density at radius 2 is 1.96 bits per heavy atom. The first kappa shape index (κ1) is 22.0. The predicted octanol–water partition coefficient (Wildman–Crippen LogP) is 5.20. The Morgan fingerprint density at radius 1 is 1.18 bits per heavy atom. The Balaban J connectivity index is 1.94. The molecule has 0 aliphatic carbocycles. The lowest BCUT2D eigenvalue weighted by atomic mass is 10.0. The van der Waals surface area contributed by atoms with Gasteiger partial charge in [-0.2, -0.15) is 5.10 Å². The third kappa shape index (κ3) is 6.68. The summed E-state index contributed by atoms with van der Waals surface area (Å²) in [5, 5.41) is 4.03. The van der Waals surface area contributed by atoms with Crippen LogP contribution >= 0.6 is 15.9 Å². The first-order valence-electron chi connectivity index (χ1n) is 9.38. The third-order valence-corrected chi connectivity index (χ3v) is 4.56. The number of nitrogens with one attached hydrogen (secondary N) is 1.